The molecule has 0 N–H and O–H groups in total. The van der Waals surface area contributed by atoms with Gasteiger partial charge in [0, 0.05) is 37.3 Å². The maximum Gasteiger partial charge on any atom is 0.222 e. The highest BCUT2D eigenvalue weighted by Crippen LogP contribution is 2.76. The smallest absolute Gasteiger partial charge is 0.222 e. The molecule has 0 bridgehead atoms. The fourth-order valence-corrected chi connectivity index (χ4v) is 12.2. The van der Waals surface area contributed by atoms with Crippen LogP contribution in [0.25, 0.3) is 0 Å². The van der Waals surface area contributed by atoms with E-state index in [1.54, 1.807) is 0 Å². The van der Waals surface area contributed by atoms with E-state index < -0.39 is 5.41 Å². The molecule has 5 fully saturated rings. The van der Waals surface area contributed by atoms with E-state index >= 15 is 0 Å². The van der Waals surface area contributed by atoms with Crippen LogP contribution in [-0.4, -0.2) is 35.5 Å². The molecule has 41 heavy (non-hydrogen) atoms. The van der Waals surface area contributed by atoms with E-state index in [1.165, 1.54) is 6.42 Å². The van der Waals surface area contributed by atoms with Gasteiger partial charge in [-0.3, -0.25) is 14.4 Å². The molecule has 0 aromatic heterocycles. The predicted molar refractivity (Wildman–Crippen MR) is 159 cm³/mol. The third-order valence-electron chi connectivity index (χ3n) is 15.1. The third kappa shape index (κ3) is 3.73. The summed E-state index contributed by atoms with van der Waals surface area (Å²) in [6.07, 6.45) is 11.7. The van der Waals surface area contributed by atoms with E-state index in [2.05, 4.69) is 40.7 Å². The van der Waals surface area contributed by atoms with Gasteiger partial charge in [-0.05, 0) is 103 Å². The van der Waals surface area contributed by atoms with Gasteiger partial charge in [-0.25, -0.2) is 0 Å². The van der Waals surface area contributed by atoms with Gasteiger partial charge in [0.25, 0.3) is 0 Å². The summed E-state index contributed by atoms with van der Waals surface area (Å²) in [5.41, 5.74) is -0.776. The summed E-state index contributed by atoms with van der Waals surface area (Å²) in [7, 11) is 0. The van der Waals surface area contributed by atoms with Gasteiger partial charge in [-0.15, -0.1) is 0 Å². The first-order valence-corrected chi connectivity index (χ1v) is 16.6. The van der Waals surface area contributed by atoms with Crippen molar-refractivity contribution in [1.29, 1.82) is 5.26 Å². The van der Waals surface area contributed by atoms with Gasteiger partial charge in [0.1, 0.15) is 11.9 Å². The Balaban J connectivity index is 1.40. The normalized spacial score (nSPS) is 48.4. The van der Waals surface area contributed by atoms with Crippen LogP contribution in [0.15, 0.2) is 11.6 Å². The number of nitriles is 1. The van der Waals surface area contributed by atoms with Gasteiger partial charge < -0.3 is 4.90 Å². The highest BCUT2D eigenvalue weighted by atomic mass is 16.2. The minimum atomic E-state index is -0.602. The maximum absolute atomic E-state index is 14.7. The van der Waals surface area contributed by atoms with Crippen LogP contribution in [0.4, 0.5) is 0 Å². The van der Waals surface area contributed by atoms with Gasteiger partial charge in [0.15, 0.2) is 5.78 Å². The van der Waals surface area contributed by atoms with Crippen molar-refractivity contribution in [3.63, 3.8) is 0 Å². The van der Waals surface area contributed by atoms with Crippen LogP contribution in [0.3, 0.4) is 0 Å². The van der Waals surface area contributed by atoms with Crippen molar-refractivity contribution < 1.29 is 14.4 Å². The average Bonchev–Trinajstić information content (AvgIpc) is 2.88. The Morgan fingerprint density at radius 3 is 2.32 bits per heavy atom. The Bertz CT molecular complexity index is 1240. The van der Waals surface area contributed by atoms with Gasteiger partial charge in [0.2, 0.25) is 5.91 Å². The van der Waals surface area contributed by atoms with E-state index in [-0.39, 0.29) is 45.2 Å². The number of likely N-dealkylation sites (tertiary alicyclic amines) is 1. The summed E-state index contributed by atoms with van der Waals surface area (Å²) >= 11 is 0. The van der Waals surface area contributed by atoms with Crippen molar-refractivity contribution >= 4 is 17.5 Å². The standard InChI is InChI=1S/C36H52N2O3/c1-22-9-13-36(14-11-28(40)38-17-8-18-38)16-15-35(7)30(29(36)23(22)2)25(39)19-27-33(5)20-24(21-37)31(41)32(3,4)26(33)10-12-34(27,35)6/h20,22-23,26-27,29-30H,8-19H2,1-7H3/t22-,23+,26+,27-,29+,30-,33+,34-,35-,36+/m1/s1. The lowest BCUT2D eigenvalue weighted by Crippen LogP contribution is -2.69. The molecule has 1 saturated heterocycles. The summed E-state index contributed by atoms with van der Waals surface area (Å²) in [6, 6.07) is 2.24. The molecule has 224 valence electrons. The first-order chi connectivity index (χ1) is 19.2. The Morgan fingerprint density at radius 1 is 0.976 bits per heavy atom. The highest BCUT2D eigenvalue weighted by molar-refractivity contribution is 6.04. The lowest BCUT2D eigenvalue weighted by molar-refractivity contribution is -0.227. The maximum atomic E-state index is 14.7. The van der Waals surface area contributed by atoms with E-state index in [0.29, 0.717) is 47.9 Å². The van der Waals surface area contributed by atoms with Crippen molar-refractivity contribution in [2.45, 2.75) is 113 Å². The zero-order valence-corrected chi connectivity index (χ0v) is 26.6. The molecule has 5 aliphatic carbocycles. The van der Waals surface area contributed by atoms with E-state index in [9.17, 15) is 19.6 Å². The number of amides is 1. The molecule has 1 heterocycles. The molecule has 1 amide bonds. The zero-order valence-electron chi connectivity index (χ0n) is 26.6. The summed E-state index contributed by atoms with van der Waals surface area (Å²) in [5, 5.41) is 9.97. The zero-order chi connectivity index (χ0) is 29.8. The number of hydrogen-bond acceptors (Lipinski definition) is 4. The van der Waals surface area contributed by atoms with Gasteiger partial charge >= 0.3 is 0 Å². The number of Topliss-reactive ketones (excluding diaryl/α,β-unsaturated/α-hetero) is 2. The number of fused-ring (bicyclic) bond motifs is 7. The molecule has 6 aliphatic rings. The number of carbonyl (C=O) groups excluding carboxylic acids is 3. The van der Waals surface area contributed by atoms with Gasteiger partial charge in [-0.1, -0.05) is 54.5 Å². The fourth-order valence-electron chi connectivity index (χ4n) is 12.2. The molecule has 10 atom stereocenters. The molecule has 5 nitrogen and oxygen atoms in total. The summed E-state index contributed by atoms with van der Waals surface area (Å²) in [4.78, 5) is 43.1. The summed E-state index contributed by atoms with van der Waals surface area (Å²) in [5.74, 6) is 2.34. The number of ketones is 2. The second-order valence-corrected chi connectivity index (χ2v) is 16.7. The average molecular weight is 561 g/mol. The number of carbonyl (C=O) groups is 3. The van der Waals surface area contributed by atoms with E-state index in [4.69, 9.17) is 0 Å². The van der Waals surface area contributed by atoms with Crippen LogP contribution in [0.2, 0.25) is 0 Å². The van der Waals surface area contributed by atoms with Crippen molar-refractivity contribution in [2.75, 3.05) is 13.1 Å². The Labute approximate surface area is 247 Å². The minimum Gasteiger partial charge on any atom is -0.343 e. The van der Waals surface area contributed by atoms with Crippen molar-refractivity contribution in [2.24, 2.45) is 62.6 Å². The predicted octanol–water partition coefficient (Wildman–Crippen LogP) is 7.15. The van der Waals surface area contributed by atoms with Crippen LogP contribution < -0.4 is 0 Å². The number of rotatable bonds is 3. The van der Waals surface area contributed by atoms with Crippen LogP contribution >= 0.6 is 0 Å². The number of allylic oxidation sites excluding steroid dienone is 2. The molecule has 0 spiro atoms. The largest absolute Gasteiger partial charge is 0.343 e. The van der Waals surface area contributed by atoms with Gasteiger partial charge in [0.05, 0.1) is 5.57 Å². The molecule has 0 aromatic rings. The Kier molecular flexibility index (Phi) is 6.58. The quantitative estimate of drug-likeness (QED) is 0.367. The lowest BCUT2D eigenvalue weighted by atomic mass is 9.31. The topological polar surface area (TPSA) is 78.2 Å². The molecule has 0 unspecified atom stereocenters. The molecular formula is C36H52N2O3. The Morgan fingerprint density at radius 2 is 1.68 bits per heavy atom. The van der Waals surface area contributed by atoms with Crippen molar-refractivity contribution in [1.82, 2.24) is 4.90 Å². The van der Waals surface area contributed by atoms with Crippen LogP contribution in [0, 0.1) is 73.9 Å². The third-order valence-corrected chi connectivity index (χ3v) is 15.1. The minimum absolute atomic E-state index is 0.0205. The summed E-state index contributed by atoms with van der Waals surface area (Å²) in [6.45, 7) is 17.8. The van der Waals surface area contributed by atoms with Crippen molar-refractivity contribution in [3.05, 3.63) is 11.6 Å². The van der Waals surface area contributed by atoms with Crippen LogP contribution in [0.1, 0.15) is 113 Å². The Hall–Kier alpha value is -1.96. The van der Waals surface area contributed by atoms with Crippen LogP contribution in [-0.2, 0) is 14.4 Å². The molecule has 1 aliphatic heterocycles. The first kappa shape index (κ1) is 29.1. The molecule has 4 saturated carbocycles. The molecular weight excluding hydrogens is 508 g/mol. The number of hydrogen-bond donors (Lipinski definition) is 0. The fraction of sp³-hybridized carbons (Fsp3) is 0.833. The van der Waals surface area contributed by atoms with Gasteiger partial charge in [-0.2, -0.15) is 5.26 Å². The second-order valence-electron chi connectivity index (χ2n) is 16.7. The van der Waals surface area contributed by atoms with Crippen molar-refractivity contribution in [3.8, 4) is 6.07 Å². The lowest BCUT2D eigenvalue weighted by Gasteiger charge is -2.72. The monoisotopic (exact) mass is 560 g/mol. The number of nitrogens with zero attached hydrogens (tertiary/aromatic N) is 2. The second kappa shape index (κ2) is 9.27. The summed E-state index contributed by atoms with van der Waals surface area (Å²) < 4.78 is 0. The van der Waals surface area contributed by atoms with E-state index in [0.717, 1.165) is 58.0 Å². The molecule has 0 aromatic carbocycles. The highest BCUT2D eigenvalue weighted by Gasteiger charge is 2.72. The SMILES string of the molecule is C[C@@H]1[C@H]2[C@H]3C(=O)C[C@@H]4[C@@]5(C)C=C(C#N)C(=O)C(C)(C)[C@@H]5CC[C@@]4(C)[C@]3(C)CC[C@@]2(CCC(=O)N2CCC2)CC[C@H]1C. The molecule has 0 radical (unpaired) electrons. The van der Waals surface area contributed by atoms with E-state index in [1.807, 2.05) is 24.8 Å². The first-order valence-electron chi connectivity index (χ1n) is 16.6. The molecule has 6 rings (SSSR count). The molecule has 5 heteroatoms. The van der Waals surface area contributed by atoms with Crippen LogP contribution in [0.5, 0.6) is 0 Å².